The van der Waals surface area contributed by atoms with E-state index in [0.717, 1.165) is 19.4 Å². The Morgan fingerprint density at radius 1 is 1.33 bits per heavy atom. The van der Waals surface area contributed by atoms with Gasteiger partial charge in [-0.1, -0.05) is 30.3 Å². The molecule has 0 amide bonds. The first-order valence-corrected chi connectivity index (χ1v) is 5.44. The lowest BCUT2D eigenvalue weighted by Gasteiger charge is -2.37. The van der Waals surface area contributed by atoms with E-state index in [2.05, 4.69) is 0 Å². The van der Waals surface area contributed by atoms with E-state index in [1.807, 2.05) is 30.3 Å². The molecule has 1 aliphatic rings. The molecule has 0 aromatic heterocycles. The molecule has 2 rings (SSSR count). The molecule has 3 nitrogen and oxygen atoms in total. The third kappa shape index (κ3) is 2.78. The van der Waals surface area contributed by atoms with Crippen molar-refractivity contribution in [2.24, 2.45) is 5.84 Å². The number of hydrogen-bond donors (Lipinski definition) is 2. The number of nitrogens with two attached hydrogens (primary N) is 1. The molecule has 1 aliphatic heterocycles. The third-order valence-corrected chi connectivity index (χ3v) is 2.96. The van der Waals surface area contributed by atoms with Crippen molar-refractivity contribution in [1.82, 2.24) is 5.01 Å². The Kier molecular flexibility index (Phi) is 3.05. The summed E-state index contributed by atoms with van der Waals surface area (Å²) in [4.78, 5) is 0. The van der Waals surface area contributed by atoms with Crippen LogP contribution in [0.25, 0.3) is 0 Å². The number of rotatable bonds is 2. The van der Waals surface area contributed by atoms with Crippen LogP contribution in [0.5, 0.6) is 0 Å². The average molecular weight is 206 g/mol. The summed E-state index contributed by atoms with van der Waals surface area (Å²) in [5.41, 5.74) is 0.532. The SMILES string of the molecule is NN1CCCC(O)(Cc2ccccc2)C1. The molecular weight excluding hydrogens is 188 g/mol. The Balaban J connectivity index is 2.04. The van der Waals surface area contributed by atoms with E-state index >= 15 is 0 Å². The van der Waals surface area contributed by atoms with Gasteiger partial charge < -0.3 is 5.11 Å². The molecule has 82 valence electrons. The van der Waals surface area contributed by atoms with E-state index in [1.165, 1.54) is 5.56 Å². The molecule has 0 radical (unpaired) electrons. The second-order valence-corrected chi connectivity index (χ2v) is 4.46. The van der Waals surface area contributed by atoms with Crippen LogP contribution in [0, 0.1) is 0 Å². The van der Waals surface area contributed by atoms with Crippen molar-refractivity contribution in [3.8, 4) is 0 Å². The van der Waals surface area contributed by atoms with Crippen LogP contribution >= 0.6 is 0 Å². The molecule has 1 unspecified atom stereocenters. The van der Waals surface area contributed by atoms with Crippen LogP contribution in [0.4, 0.5) is 0 Å². The van der Waals surface area contributed by atoms with Gasteiger partial charge in [-0.05, 0) is 18.4 Å². The molecule has 1 aromatic carbocycles. The van der Waals surface area contributed by atoms with Gasteiger partial charge >= 0.3 is 0 Å². The lowest BCUT2D eigenvalue weighted by atomic mass is 9.87. The summed E-state index contributed by atoms with van der Waals surface area (Å²) in [5, 5.41) is 12.1. The highest BCUT2D eigenvalue weighted by Crippen LogP contribution is 2.23. The van der Waals surface area contributed by atoms with Gasteiger partial charge in [-0.3, -0.25) is 5.84 Å². The number of piperidine rings is 1. The zero-order valence-electron chi connectivity index (χ0n) is 8.89. The highest BCUT2D eigenvalue weighted by atomic mass is 16.3. The van der Waals surface area contributed by atoms with Gasteiger partial charge in [0.25, 0.3) is 0 Å². The molecule has 1 saturated heterocycles. The maximum absolute atomic E-state index is 10.4. The van der Waals surface area contributed by atoms with Crippen molar-refractivity contribution < 1.29 is 5.11 Å². The minimum absolute atomic E-state index is 0.571. The second-order valence-electron chi connectivity index (χ2n) is 4.46. The molecule has 0 spiro atoms. The quantitative estimate of drug-likeness (QED) is 0.708. The first-order valence-electron chi connectivity index (χ1n) is 5.44. The first-order chi connectivity index (χ1) is 7.18. The van der Waals surface area contributed by atoms with Crippen molar-refractivity contribution >= 4 is 0 Å². The molecule has 0 aliphatic carbocycles. The van der Waals surface area contributed by atoms with Crippen molar-refractivity contribution in [2.75, 3.05) is 13.1 Å². The Bertz CT molecular complexity index is 315. The summed E-state index contributed by atoms with van der Waals surface area (Å²) in [6, 6.07) is 10.1. The summed E-state index contributed by atoms with van der Waals surface area (Å²) >= 11 is 0. The molecule has 15 heavy (non-hydrogen) atoms. The molecule has 1 fully saturated rings. The average Bonchev–Trinajstić information content (AvgIpc) is 2.18. The monoisotopic (exact) mass is 206 g/mol. The second kappa shape index (κ2) is 4.31. The van der Waals surface area contributed by atoms with Crippen LogP contribution < -0.4 is 5.84 Å². The van der Waals surface area contributed by atoms with E-state index in [4.69, 9.17) is 5.84 Å². The molecular formula is C12H18N2O. The van der Waals surface area contributed by atoms with Crippen LogP contribution in [0.2, 0.25) is 0 Å². The van der Waals surface area contributed by atoms with E-state index in [-0.39, 0.29) is 0 Å². The van der Waals surface area contributed by atoms with Crippen LogP contribution in [-0.2, 0) is 6.42 Å². The van der Waals surface area contributed by atoms with Crippen LogP contribution in [0.1, 0.15) is 18.4 Å². The minimum atomic E-state index is -0.644. The number of hydrogen-bond acceptors (Lipinski definition) is 3. The minimum Gasteiger partial charge on any atom is -0.388 e. The fourth-order valence-corrected chi connectivity index (χ4v) is 2.27. The van der Waals surface area contributed by atoms with E-state index in [0.29, 0.717) is 13.0 Å². The standard InChI is InChI=1S/C12H18N2O/c13-14-8-4-7-12(15,10-14)9-11-5-2-1-3-6-11/h1-3,5-6,15H,4,7-10,13H2. The number of benzene rings is 1. The lowest BCUT2D eigenvalue weighted by Crippen LogP contribution is -2.52. The van der Waals surface area contributed by atoms with Crippen molar-refractivity contribution in [1.29, 1.82) is 0 Å². The van der Waals surface area contributed by atoms with Crippen molar-refractivity contribution in [3.63, 3.8) is 0 Å². The molecule has 1 heterocycles. The third-order valence-electron chi connectivity index (χ3n) is 2.96. The number of aliphatic hydroxyl groups is 1. The Hall–Kier alpha value is -0.900. The smallest absolute Gasteiger partial charge is 0.0828 e. The maximum atomic E-state index is 10.4. The van der Waals surface area contributed by atoms with Gasteiger partial charge in [0.15, 0.2) is 0 Å². The molecule has 0 bridgehead atoms. The van der Waals surface area contributed by atoms with E-state index < -0.39 is 5.60 Å². The summed E-state index contributed by atoms with van der Waals surface area (Å²) < 4.78 is 0. The van der Waals surface area contributed by atoms with Crippen LogP contribution in [-0.4, -0.2) is 28.8 Å². The summed E-state index contributed by atoms with van der Waals surface area (Å²) in [5.74, 6) is 5.74. The van der Waals surface area contributed by atoms with Gasteiger partial charge in [-0.15, -0.1) is 0 Å². The van der Waals surface area contributed by atoms with Gasteiger partial charge in [-0.25, -0.2) is 5.01 Å². The largest absolute Gasteiger partial charge is 0.388 e. The normalized spacial score (nSPS) is 27.9. The van der Waals surface area contributed by atoms with Gasteiger partial charge in [0.1, 0.15) is 0 Å². The van der Waals surface area contributed by atoms with E-state index in [9.17, 15) is 5.11 Å². The first kappa shape index (κ1) is 10.6. The fourth-order valence-electron chi connectivity index (χ4n) is 2.27. The highest BCUT2D eigenvalue weighted by Gasteiger charge is 2.32. The molecule has 1 aromatic rings. The zero-order valence-corrected chi connectivity index (χ0v) is 8.89. The maximum Gasteiger partial charge on any atom is 0.0828 e. The Morgan fingerprint density at radius 3 is 2.73 bits per heavy atom. The molecule has 0 saturated carbocycles. The number of hydrazine groups is 1. The summed E-state index contributed by atoms with van der Waals surface area (Å²) in [6.45, 7) is 1.46. The zero-order chi connectivity index (χ0) is 10.7. The fraction of sp³-hybridized carbons (Fsp3) is 0.500. The van der Waals surface area contributed by atoms with Crippen molar-refractivity contribution in [3.05, 3.63) is 35.9 Å². The van der Waals surface area contributed by atoms with E-state index in [1.54, 1.807) is 5.01 Å². The lowest BCUT2D eigenvalue weighted by molar-refractivity contribution is -0.0305. The number of nitrogens with zero attached hydrogens (tertiary/aromatic N) is 1. The van der Waals surface area contributed by atoms with Gasteiger partial charge in [-0.2, -0.15) is 0 Å². The van der Waals surface area contributed by atoms with Crippen molar-refractivity contribution in [2.45, 2.75) is 24.9 Å². The van der Waals surface area contributed by atoms with Gasteiger partial charge in [0.05, 0.1) is 5.60 Å². The molecule has 3 heteroatoms. The summed E-state index contributed by atoms with van der Waals surface area (Å²) in [6.07, 6.45) is 2.51. The molecule has 3 N–H and O–H groups in total. The topological polar surface area (TPSA) is 49.5 Å². The van der Waals surface area contributed by atoms with Crippen LogP contribution in [0.15, 0.2) is 30.3 Å². The van der Waals surface area contributed by atoms with Crippen LogP contribution in [0.3, 0.4) is 0 Å². The van der Waals surface area contributed by atoms with Gasteiger partial charge in [0.2, 0.25) is 0 Å². The predicted octanol–water partition coefficient (Wildman–Crippen LogP) is 0.930. The Morgan fingerprint density at radius 2 is 2.07 bits per heavy atom. The highest BCUT2D eigenvalue weighted by molar-refractivity contribution is 5.17. The summed E-state index contributed by atoms with van der Waals surface area (Å²) in [7, 11) is 0. The van der Waals surface area contributed by atoms with Gasteiger partial charge in [0, 0.05) is 19.5 Å². The number of β-amino-alcohol motifs (C(OH)–C–C–N with tert-alkyl or cyclic N) is 1. The molecule has 1 atom stereocenters. The predicted molar refractivity (Wildman–Crippen MR) is 60.1 cm³/mol. The Labute approximate surface area is 90.5 Å².